The lowest BCUT2D eigenvalue weighted by atomic mass is 10.1. The maximum atomic E-state index is 12.9. The van der Waals surface area contributed by atoms with Crippen molar-refractivity contribution in [1.82, 2.24) is 20.2 Å². The van der Waals surface area contributed by atoms with E-state index < -0.39 is 15.9 Å². The smallest absolute Gasteiger partial charge is 0.428 e. The molecule has 0 unspecified atom stereocenters. The fourth-order valence-corrected chi connectivity index (χ4v) is 6.62. The first-order valence-electron chi connectivity index (χ1n) is 11.7. The van der Waals surface area contributed by atoms with Gasteiger partial charge in [0.1, 0.15) is 5.76 Å². The normalized spacial score (nSPS) is 18.8. The van der Waals surface area contributed by atoms with E-state index in [-0.39, 0.29) is 33.2 Å². The van der Waals surface area contributed by atoms with Gasteiger partial charge in [-0.25, -0.2) is 22.9 Å². The first kappa shape index (κ1) is 26.1. The number of amides is 1. The van der Waals surface area contributed by atoms with E-state index in [0.717, 1.165) is 25.7 Å². The van der Waals surface area contributed by atoms with Crippen LogP contribution in [0.15, 0.2) is 34.7 Å². The molecule has 0 spiro atoms. The SMILES string of the molecule is O=C(NN1CCCCCC1)Oc1nn(-c2ccc(Cl)cc2Cl)c2c1CS(=O)(=O)C/C2=C\c1ccc(Cl)o1. The van der Waals surface area contributed by atoms with Gasteiger partial charge in [-0.15, -0.1) is 5.10 Å². The molecule has 0 bridgehead atoms. The Morgan fingerprint density at radius 3 is 2.49 bits per heavy atom. The third-order valence-corrected chi connectivity index (χ3v) is 8.30. The molecule has 1 aromatic carbocycles. The zero-order valence-electron chi connectivity index (χ0n) is 19.5. The maximum absolute atomic E-state index is 12.9. The average Bonchev–Trinajstić information content (AvgIpc) is 3.26. The Balaban J connectivity index is 1.59. The van der Waals surface area contributed by atoms with Crippen molar-refractivity contribution in [1.29, 1.82) is 0 Å². The van der Waals surface area contributed by atoms with Crippen molar-refractivity contribution in [2.75, 3.05) is 18.8 Å². The van der Waals surface area contributed by atoms with Crippen LogP contribution < -0.4 is 10.2 Å². The number of ether oxygens (including phenoxy) is 1. The van der Waals surface area contributed by atoms with Crippen molar-refractivity contribution < 1.29 is 22.4 Å². The van der Waals surface area contributed by atoms with Crippen molar-refractivity contribution in [2.45, 2.75) is 31.4 Å². The molecule has 1 saturated heterocycles. The van der Waals surface area contributed by atoms with Gasteiger partial charge in [0, 0.05) is 18.1 Å². The molecule has 2 aliphatic heterocycles. The predicted octanol–water partition coefficient (Wildman–Crippen LogP) is 5.77. The Bertz CT molecular complexity index is 1470. The highest BCUT2D eigenvalue weighted by Crippen LogP contribution is 2.39. The summed E-state index contributed by atoms with van der Waals surface area (Å²) in [5.74, 6) is -0.413. The molecule has 196 valence electrons. The number of hydrazine groups is 1. The van der Waals surface area contributed by atoms with Gasteiger partial charge in [-0.3, -0.25) is 5.43 Å². The molecule has 1 amide bonds. The number of carbonyl (C=O) groups is 1. The standard InChI is InChI=1S/C24H23Cl3N4O5S/c25-16-5-7-20(19(26)12-16)31-22-15(11-17-6-8-21(27)35-17)13-37(33,34)14-18(22)23(28-31)36-24(32)29-30-9-3-1-2-4-10-30/h5-8,11-12H,1-4,9-10,13-14H2,(H,29,32)/b15-11+. The highest BCUT2D eigenvalue weighted by molar-refractivity contribution is 7.91. The second-order valence-electron chi connectivity index (χ2n) is 8.89. The van der Waals surface area contributed by atoms with E-state index in [9.17, 15) is 13.2 Å². The molecular weight excluding hydrogens is 563 g/mol. The Morgan fingerprint density at radius 2 is 1.81 bits per heavy atom. The van der Waals surface area contributed by atoms with Crippen LogP contribution in [-0.2, 0) is 15.6 Å². The summed E-state index contributed by atoms with van der Waals surface area (Å²) in [4.78, 5) is 12.8. The highest BCUT2D eigenvalue weighted by Gasteiger charge is 2.35. The molecule has 4 heterocycles. The summed E-state index contributed by atoms with van der Waals surface area (Å²) in [5, 5.41) is 7.16. The van der Waals surface area contributed by atoms with Crippen LogP contribution in [-0.4, -0.2) is 48.1 Å². The van der Waals surface area contributed by atoms with Crippen LogP contribution in [0, 0.1) is 0 Å². The highest BCUT2D eigenvalue weighted by atomic mass is 35.5. The fraction of sp³-hybridized carbons (Fsp3) is 0.333. The predicted molar refractivity (Wildman–Crippen MR) is 142 cm³/mol. The number of furan rings is 1. The fourth-order valence-electron chi connectivity index (χ4n) is 4.49. The summed E-state index contributed by atoms with van der Waals surface area (Å²) in [7, 11) is -3.61. The quantitative estimate of drug-likeness (QED) is 0.414. The van der Waals surface area contributed by atoms with Crippen molar-refractivity contribution >= 4 is 62.4 Å². The van der Waals surface area contributed by atoms with Crippen LogP contribution in [0.5, 0.6) is 5.88 Å². The van der Waals surface area contributed by atoms with E-state index in [2.05, 4.69) is 10.5 Å². The molecule has 1 fully saturated rings. The molecule has 2 aliphatic rings. The van der Waals surface area contributed by atoms with E-state index >= 15 is 0 Å². The minimum Gasteiger partial charge on any atom is -0.445 e. The molecule has 13 heteroatoms. The van der Waals surface area contributed by atoms with Crippen LogP contribution in [0.4, 0.5) is 4.79 Å². The van der Waals surface area contributed by atoms with Crippen molar-refractivity contribution in [3.05, 3.63) is 62.6 Å². The monoisotopic (exact) mass is 584 g/mol. The van der Waals surface area contributed by atoms with Crippen molar-refractivity contribution in [3.8, 4) is 11.6 Å². The number of hydrogen-bond acceptors (Lipinski definition) is 7. The first-order chi connectivity index (χ1) is 17.7. The molecule has 0 aliphatic carbocycles. The van der Waals surface area contributed by atoms with Gasteiger partial charge in [0.05, 0.1) is 33.5 Å². The Labute approximate surface area is 228 Å². The summed E-state index contributed by atoms with van der Waals surface area (Å²) in [6.45, 7) is 1.41. The van der Waals surface area contributed by atoms with Gasteiger partial charge in [-0.05, 0) is 66.4 Å². The molecule has 1 N–H and O–H groups in total. The van der Waals surface area contributed by atoms with Gasteiger partial charge in [0.25, 0.3) is 0 Å². The molecule has 0 radical (unpaired) electrons. The van der Waals surface area contributed by atoms with Crippen molar-refractivity contribution in [2.24, 2.45) is 0 Å². The summed E-state index contributed by atoms with van der Waals surface area (Å²) in [5.41, 5.74) is 4.24. The number of nitrogens with zero attached hydrogens (tertiary/aromatic N) is 3. The third-order valence-electron chi connectivity index (χ3n) is 6.08. The van der Waals surface area contributed by atoms with Crippen LogP contribution in [0.3, 0.4) is 0 Å². The Kier molecular flexibility index (Phi) is 7.56. The molecular formula is C24H23Cl3N4O5S. The van der Waals surface area contributed by atoms with Gasteiger partial charge in [0.2, 0.25) is 5.88 Å². The molecule has 0 saturated carbocycles. The molecule has 2 aromatic heterocycles. The van der Waals surface area contributed by atoms with Gasteiger partial charge < -0.3 is 9.15 Å². The van der Waals surface area contributed by atoms with Crippen LogP contribution in [0.1, 0.15) is 42.7 Å². The number of nitrogens with one attached hydrogen (secondary N) is 1. The van der Waals surface area contributed by atoms with E-state index in [0.29, 0.717) is 40.8 Å². The number of sulfone groups is 1. The Hall–Kier alpha value is -2.50. The van der Waals surface area contributed by atoms with E-state index in [1.165, 1.54) is 4.68 Å². The molecule has 0 atom stereocenters. The molecule has 3 aromatic rings. The second kappa shape index (κ2) is 10.7. The number of fused-ring (bicyclic) bond motifs is 1. The maximum Gasteiger partial charge on any atom is 0.428 e. The van der Waals surface area contributed by atoms with Gasteiger partial charge in [-0.1, -0.05) is 36.0 Å². The number of carbonyl (C=O) groups excluding carboxylic acids is 1. The number of hydrogen-bond donors (Lipinski definition) is 1. The van der Waals surface area contributed by atoms with Crippen LogP contribution in [0.25, 0.3) is 17.3 Å². The van der Waals surface area contributed by atoms with E-state index in [4.69, 9.17) is 44.0 Å². The largest absolute Gasteiger partial charge is 0.445 e. The molecule has 9 nitrogen and oxygen atoms in total. The first-order valence-corrected chi connectivity index (χ1v) is 14.6. The summed E-state index contributed by atoms with van der Waals surface area (Å²) < 4.78 is 38.4. The van der Waals surface area contributed by atoms with Gasteiger partial charge in [-0.2, -0.15) is 0 Å². The number of benzene rings is 1. The van der Waals surface area contributed by atoms with Crippen LogP contribution in [0.2, 0.25) is 15.3 Å². The molecule has 5 rings (SSSR count). The number of aromatic nitrogens is 2. The number of halogens is 3. The zero-order chi connectivity index (χ0) is 26.2. The zero-order valence-corrected chi connectivity index (χ0v) is 22.6. The average molecular weight is 586 g/mol. The minimum atomic E-state index is -3.61. The Morgan fingerprint density at radius 1 is 1.05 bits per heavy atom. The summed E-state index contributed by atoms with van der Waals surface area (Å²) in [6, 6.07) is 8.02. The summed E-state index contributed by atoms with van der Waals surface area (Å²) >= 11 is 18.5. The topological polar surface area (TPSA) is 107 Å². The minimum absolute atomic E-state index is 0.125. The van der Waals surface area contributed by atoms with Gasteiger partial charge in [0.15, 0.2) is 15.1 Å². The van der Waals surface area contributed by atoms with Crippen molar-refractivity contribution in [3.63, 3.8) is 0 Å². The molecule has 37 heavy (non-hydrogen) atoms. The lowest BCUT2D eigenvalue weighted by Crippen LogP contribution is -2.44. The van der Waals surface area contributed by atoms with Crippen LogP contribution >= 0.6 is 34.8 Å². The third kappa shape index (κ3) is 5.99. The lowest BCUT2D eigenvalue weighted by molar-refractivity contribution is 0.145. The van der Waals surface area contributed by atoms with E-state index in [1.807, 2.05) is 0 Å². The lowest BCUT2D eigenvalue weighted by Gasteiger charge is -2.20. The number of rotatable bonds is 4. The van der Waals surface area contributed by atoms with E-state index in [1.54, 1.807) is 41.4 Å². The second-order valence-corrected chi connectivity index (χ2v) is 12.2. The van der Waals surface area contributed by atoms with Gasteiger partial charge >= 0.3 is 6.09 Å². The summed E-state index contributed by atoms with van der Waals surface area (Å²) in [6.07, 6.45) is 4.94.